The van der Waals surface area contributed by atoms with Gasteiger partial charge in [0.25, 0.3) is 5.91 Å². The third-order valence-corrected chi connectivity index (χ3v) is 3.86. The zero-order valence-corrected chi connectivity index (χ0v) is 14.3. The number of rotatable bonds is 4. The van der Waals surface area contributed by atoms with E-state index >= 15 is 0 Å². The number of amides is 1. The van der Waals surface area contributed by atoms with E-state index in [2.05, 4.69) is 29.4 Å². The van der Waals surface area contributed by atoms with Gasteiger partial charge in [-0.05, 0) is 42.7 Å². The molecular weight excluding hydrogens is 302 g/mol. The lowest BCUT2D eigenvalue weighted by Gasteiger charge is -2.10. The highest BCUT2D eigenvalue weighted by atomic mass is 16.1. The average molecular weight is 323 g/mol. The molecule has 2 aromatic heterocycles. The van der Waals surface area contributed by atoms with Crippen molar-refractivity contribution in [3.05, 3.63) is 59.7 Å². The van der Waals surface area contributed by atoms with Crippen LogP contribution in [0.1, 0.15) is 41.4 Å². The summed E-state index contributed by atoms with van der Waals surface area (Å²) in [6, 6.07) is 7.46. The predicted molar refractivity (Wildman–Crippen MR) is 93.6 cm³/mol. The van der Waals surface area contributed by atoms with E-state index in [-0.39, 0.29) is 11.8 Å². The zero-order chi connectivity index (χ0) is 17.3. The second-order valence-corrected chi connectivity index (χ2v) is 6.16. The zero-order valence-electron chi connectivity index (χ0n) is 14.3. The number of anilines is 1. The Labute approximate surface area is 141 Å². The van der Waals surface area contributed by atoms with E-state index in [0.29, 0.717) is 5.56 Å². The predicted octanol–water partition coefficient (Wildman–Crippen LogP) is 3.29. The molecule has 0 fully saturated rings. The minimum atomic E-state index is -0.139. The maximum atomic E-state index is 12.6. The van der Waals surface area contributed by atoms with Crippen LogP contribution < -0.4 is 5.32 Å². The van der Waals surface area contributed by atoms with Crippen molar-refractivity contribution in [1.29, 1.82) is 0 Å². The average Bonchev–Trinajstić information content (AvgIpc) is 3.16. The van der Waals surface area contributed by atoms with Crippen LogP contribution in [0, 0.1) is 6.92 Å². The molecular formula is C18H21N5O. The first-order valence-electron chi connectivity index (χ1n) is 7.91. The first-order chi connectivity index (χ1) is 11.5. The van der Waals surface area contributed by atoms with Gasteiger partial charge in [-0.1, -0.05) is 13.8 Å². The smallest absolute Gasteiger partial charge is 0.255 e. The van der Waals surface area contributed by atoms with Gasteiger partial charge < -0.3 is 5.32 Å². The lowest BCUT2D eigenvalue weighted by Crippen LogP contribution is -2.13. The number of nitrogens with one attached hydrogen (secondary N) is 1. The fourth-order valence-corrected chi connectivity index (χ4v) is 2.69. The van der Waals surface area contributed by atoms with Crippen molar-refractivity contribution in [3.63, 3.8) is 0 Å². The molecule has 0 spiro atoms. The molecule has 0 radical (unpaired) electrons. The molecule has 24 heavy (non-hydrogen) atoms. The van der Waals surface area contributed by atoms with E-state index in [1.165, 1.54) is 0 Å². The highest BCUT2D eigenvalue weighted by Crippen LogP contribution is 2.23. The van der Waals surface area contributed by atoms with Crippen molar-refractivity contribution < 1.29 is 4.79 Å². The summed E-state index contributed by atoms with van der Waals surface area (Å²) in [5.74, 6) is 0.102. The van der Waals surface area contributed by atoms with Gasteiger partial charge in [0.1, 0.15) is 0 Å². The lowest BCUT2D eigenvalue weighted by molar-refractivity contribution is 0.102. The van der Waals surface area contributed by atoms with Gasteiger partial charge in [-0.15, -0.1) is 0 Å². The fraction of sp³-hybridized carbons (Fsp3) is 0.278. The molecule has 124 valence electrons. The van der Waals surface area contributed by atoms with Crippen LogP contribution in [0.15, 0.2) is 42.9 Å². The van der Waals surface area contributed by atoms with E-state index in [1.807, 2.05) is 50.6 Å². The number of hydrogen-bond acceptors (Lipinski definition) is 3. The lowest BCUT2D eigenvalue weighted by atomic mass is 10.1. The van der Waals surface area contributed by atoms with Gasteiger partial charge in [0.2, 0.25) is 0 Å². The molecule has 0 atom stereocenters. The third-order valence-electron chi connectivity index (χ3n) is 3.86. The van der Waals surface area contributed by atoms with Crippen LogP contribution in [0.5, 0.6) is 0 Å². The summed E-state index contributed by atoms with van der Waals surface area (Å²) in [5.41, 5.74) is 4.20. The summed E-state index contributed by atoms with van der Waals surface area (Å²) in [6.07, 6.45) is 5.45. The standard InChI is InChI=1S/C18H21N5O/c1-12(2)17-15(11-22(4)21-17)20-18(24)14-6-7-16(13(3)10-14)23-9-5-8-19-23/h5-12H,1-4H3,(H,20,24). The molecule has 1 aromatic carbocycles. The molecule has 3 aromatic rings. The van der Waals surface area contributed by atoms with Crippen molar-refractivity contribution in [2.24, 2.45) is 7.05 Å². The quantitative estimate of drug-likeness (QED) is 0.801. The van der Waals surface area contributed by atoms with Crippen molar-refractivity contribution in [2.75, 3.05) is 5.32 Å². The Kier molecular flexibility index (Phi) is 4.20. The van der Waals surface area contributed by atoms with Crippen LogP contribution >= 0.6 is 0 Å². The van der Waals surface area contributed by atoms with Gasteiger partial charge in [-0.25, -0.2) is 4.68 Å². The van der Waals surface area contributed by atoms with Crippen molar-refractivity contribution in [1.82, 2.24) is 19.6 Å². The Bertz CT molecular complexity index is 862. The number of carbonyl (C=O) groups is 1. The minimum Gasteiger partial charge on any atom is -0.319 e. The van der Waals surface area contributed by atoms with Gasteiger partial charge in [0.15, 0.2) is 0 Å². The molecule has 0 unspecified atom stereocenters. The minimum absolute atomic E-state index is 0.139. The fourth-order valence-electron chi connectivity index (χ4n) is 2.69. The topological polar surface area (TPSA) is 64.7 Å². The third kappa shape index (κ3) is 3.08. The van der Waals surface area contributed by atoms with Crippen LogP contribution in [0.2, 0.25) is 0 Å². The largest absolute Gasteiger partial charge is 0.319 e. The molecule has 0 saturated heterocycles. The van der Waals surface area contributed by atoms with Gasteiger partial charge in [0.05, 0.1) is 17.1 Å². The maximum absolute atomic E-state index is 12.6. The van der Waals surface area contributed by atoms with E-state index in [0.717, 1.165) is 22.6 Å². The molecule has 0 bridgehead atoms. The number of nitrogens with zero attached hydrogens (tertiary/aromatic N) is 4. The molecule has 0 saturated carbocycles. The van der Waals surface area contributed by atoms with Crippen LogP contribution in [0.3, 0.4) is 0 Å². The van der Waals surface area contributed by atoms with E-state index in [1.54, 1.807) is 15.6 Å². The van der Waals surface area contributed by atoms with Crippen molar-refractivity contribution in [2.45, 2.75) is 26.7 Å². The molecule has 6 nitrogen and oxygen atoms in total. The number of hydrogen-bond donors (Lipinski definition) is 1. The second kappa shape index (κ2) is 6.31. The number of aryl methyl sites for hydroxylation is 2. The molecule has 0 aliphatic rings. The number of carbonyl (C=O) groups excluding carboxylic acids is 1. The number of benzene rings is 1. The van der Waals surface area contributed by atoms with E-state index in [4.69, 9.17) is 0 Å². The molecule has 3 rings (SSSR count). The normalized spacial score (nSPS) is 11.0. The first-order valence-corrected chi connectivity index (χ1v) is 7.91. The summed E-state index contributed by atoms with van der Waals surface area (Å²) < 4.78 is 3.51. The van der Waals surface area contributed by atoms with Crippen LogP contribution in [0.4, 0.5) is 5.69 Å². The van der Waals surface area contributed by atoms with E-state index in [9.17, 15) is 4.79 Å². The summed E-state index contributed by atoms with van der Waals surface area (Å²) >= 11 is 0. The van der Waals surface area contributed by atoms with Crippen LogP contribution in [-0.2, 0) is 7.05 Å². The van der Waals surface area contributed by atoms with Crippen molar-refractivity contribution in [3.8, 4) is 5.69 Å². The van der Waals surface area contributed by atoms with Gasteiger partial charge >= 0.3 is 0 Å². The van der Waals surface area contributed by atoms with Gasteiger partial charge in [-0.2, -0.15) is 10.2 Å². The maximum Gasteiger partial charge on any atom is 0.255 e. The highest BCUT2D eigenvalue weighted by Gasteiger charge is 2.15. The Hall–Kier alpha value is -2.89. The molecule has 1 amide bonds. The Morgan fingerprint density at radius 2 is 2.08 bits per heavy atom. The molecule has 1 N–H and O–H groups in total. The van der Waals surface area contributed by atoms with Gasteiger partial charge in [-0.3, -0.25) is 9.48 Å². The SMILES string of the molecule is Cc1cc(C(=O)Nc2cn(C)nc2C(C)C)ccc1-n1cccn1. The number of aromatic nitrogens is 4. The molecule has 2 heterocycles. The summed E-state index contributed by atoms with van der Waals surface area (Å²) in [6.45, 7) is 6.08. The molecule has 6 heteroatoms. The van der Waals surface area contributed by atoms with Crippen molar-refractivity contribution >= 4 is 11.6 Å². The van der Waals surface area contributed by atoms with E-state index < -0.39 is 0 Å². The summed E-state index contributed by atoms with van der Waals surface area (Å²) in [7, 11) is 1.85. The van der Waals surface area contributed by atoms with Gasteiger partial charge in [0, 0.05) is 31.2 Å². The summed E-state index contributed by atoms with van der Waals surface area (Å²) in [5, 5.41) is 11.6. The molecule has 0 aliphatic carbocycles. The second-order valence-electron chi connectivity index (χ2n) is 6.16. The van der Waals surface area contributed by atoms with Crippen LogP contribution in [0.25, 0.3) is 5.69 Å². The molecule has 0 aliphatic heterocycles. The Balaban J connectivity index is 1.85. The first kappa shape index (κ1) is 16.0. The highest BCUT2D eigenvalue weighted by molar-refractivity contribution is 6.04. The summed E-state index contributed by atoms with van der Waals surface area (Å²) in [4.78, 5) is 12.6. The monoisotopic (exact) mass is 323 g/mol. The Morgan fingerprint density at radius 1 is 1.29 bits per heavy atom. The Morgan fingerprint density at radius 3 is 2.71 bits per heavy atom. The van der Waals surface area contributed by atoms with Crippen LogP contribution in [-0.4, -0.2) is 25.5 Å².